The van der Waals surface area contributed by atoms with Gasteiger partial charge in [0.2, 0.25) is 11.9 Å². The van der Waals surface area contributed by atoms with E-state index in [1.165, 1.54) is 12.1 Å². The van der Waals surface area contributed by atoms with Gasteiger partial charge in [0.15, 0.2) is 0 Å². The van der Waals surface area contributed by atoms with Gasteiger partial charge in [-0.3, -0.25) is 14.6 Å². The van der Waals surface area contributed by atoms with E-state index in [0.717, 1.165) is 44.8 Å². The van der Waals surface area contributed by atoms with Crippen molar-refractivity contribution in [2.45, 2.75) is 12.9 Å². The molecule has 11 heteroatoms. The Bertz CT molecular complexity index is 897. The Morgan fingerprint density at radius 3 is 2.09 bits per heavy atom. The highest BCUT2D eigenvalue weighted by molar-refractivity contribution is 5.78. The quantitative estimate of drug-likeness (QED) is 0.647. The summed E-state index contributed by atoms with van der Waals surface area (Å²) in [6, 6.07) is 7.75. The molecule has 0 N–H and O–H groups in total. The summed E-state index contributed by atoms with van der Waals surface area (Å²) < 4.78 is 40.7. The van der Waals surface area contributed by atoms with Crippen molar-refractivity contribution < 1.29 is 22.7 Å². The maximum absolute atomic E-state index is 12.7. The molecule has 2 saturated heterocycles. The van der Waals surface area contributed by atoms with Gasteiger partial charge in [-0.15, -0.1) is 13.2 Å². The Morgan fingerprint density at radius 2 is 1.48 bits per heavy atom. The summed E-state index contributed by atoms with van der Waals surface area (Å²) in [6.07, 6.45) is -1.24. The van der Waals surface area contributed by atoms with E-state index in [2.05, 4.69) is 29.4 Å². The fourth-order valence-electron chi connectivity index (χ4n) is 4.06. The maximum atomic E-state index is 12.7. The Kier molecular flexibility index (Phi) is 7.29. The third-order valence-corrected chi connectivity index (χ3v) is 5.85. The summed E-state index contributed by atoms with van der Waals surface area (Å²) in [5.41, 5.74) is 0.925. The molecule has 0 atom stereocenters. The minimum atomic E-state index is -4.68. The summed E-state index contributed by atoms with van der Waals surface area (Å²) >= 11 is 0. The van der Waals surface area contributed by atoms with Crippen LogP contribution in [0.1, 0.15) is 5.56 Å². The van der Waals surface area contributed by atoms with Gasteiger partial charge in [0.05, 0.1) is 6.54 Å². The van der Waals surface area contributed by atoms with E-state index in [-0.39, 0.29) is 11.7 Å². The molecule has 2 aromatic rings. The molecule has 0 bridgehead atoms. The number of hydrogen-bond acceptors (Lipinski definition) is 7. The molecular weight excluding hydrogens is 437 g/mol. The first-order chi connectivity index (χ1) is 15.9. The highest BCUT2D eigenvalue weighted by Gasteiger charge is 2.31. The number of carbonyl (C=O) groups is 1. The van der Waals surface area contributed by atoms with Crippen molar-refractivity contribution >= 4 is 11.9 Å². The summed E-state index contributed by atoms with van der Waals surface area (Å²) in [6.45, 7) is 6.96. The molecule has 0 saturated carbocycles. The van der Waals surface area contributed by atoms with Gasteiger partial charge in [0, 0.05) is 71.3 Å². The number of benzene rings is 1. The number of alkyl halides is 3. The van der Waals surface area contributed by atoms with Crippen LogP contribution in [0.15, 0.2) is 42.7 Å². The number of nitrogens with zero attached hydrogens (tertiary/aromatic N) is 6. The monoisotopic (exact) mass is 464 g/mol. The third-order valence-electron chi connectivity index (χ3n) is 5.85. The number of piperazine rings is 2. The molecule has 2 fully saturated rings. The summed E-state index contributed by atoms with van der Waals surface area (Å²) in [7, 11) is 0. The molecule has 1 aromatic heterocycles. The van der Waals surface area contributed by atoms with E-state index >= 15 is 0 Å². The zero-order chi connectivity index (χ0) is 23.3. The van der Waals surface area contributed by atoms with Gasteiger partial charge < -0.3 is 14.5 Å². The predicted molar refractivity (Wildman–Crippen MR) is 116 cm³/mol. The molecule has 2 aliphatic rings. The molecule has 178 valence electrons. The van der Waals surface area contributed by atoms with Crippen molar-refractivity contribution in [3.63, 3.8) is 0 Å². The van der Waals surface area contributed by atoms with E-state index in [1.54, 1.807) is 30.6 Å². The zero-order valence-electron chi connectivity index (χ0n) is 18.2. The van der Waals surface area contributed by atoms with E-state index in [0.29, 0.717) is 32.1 Å². The van der Waals surface area contributed by atoms with E-state index in [9.17, 15) is 18.0 Å². The SMILES string of the molecule is O=C(CN1CCN(Cc2ccc(OC(F)(F)F)cc2)CC1)N1CCN(c2ncccn2)CC1. The topological polar surface area (TPSA) is 65.0 Å². The van der Waals surface area contributed by atoms with Crippen LogP contribution in [-0.2, 0) is 11.3 Å². The lowest BCUT2D eigenvalue weighted by atomic mass is 10.2. The lowest BCUT2D eigenvalue weighted by molar-refractivity contribution is -0.274. The van der Waals surface area contributed by atoms with E-state index < -0.39 is 6.36 Å². The molecule has 3 heterocycles. The molecule has 2 aliphatic heterocycles. The maximum Gasteiger partial charge on any atom is 0.573 e. The van der Waals surface area contributed by atoms with Gasteiger partial charge in [0.25, 0.3) is 0 Å². The third kappa shape index (κ3) is 6.78. The minimum Gasteiger partial charge on any atom is -0.406 e. The Morgan fingerprint density at radius 1 is 0.879 bits per heavy atom. The van der Waals surface area contributed by atoms with Crippen molar-refractivity contribution in [3.05, 3.63) is 48.3 Å². The van der Waals surface area contributed by atoms with Crippen LogP contribution in [0.5, 0.6) is 5.75 Å². The first-order valence-electron chi connectivity index (χ1n) is 10.9. The van der Waals surface area contributed by atoms with Crippen molar-refractivity contribution in [2.75, 3.05) is 63.8 Å². The van der Waals surface area contributed by atoms with Crippen LogP contribution in [0, 0.1) is 0 Å². The Hall–Kier alpha value is -2.92. The van der Waals surface area contributed by atoms with Crippen molar-refractivity contribution in [1.29, 1.82) is 0 Å². The van der Waals surface area contributed by atoms with Crippen molar-refractivity contribution in [3.8, 4) is 5.75 Å². The van der Waals surface area contributed by atoms with Gasteiger partial charge >= 0.3 is 6.36 Å². The average Bonchev–Trinajstić information content (AvgIpc) is 2.81. The minimum absolute atomic E-state index is 0.136. The number of ether oxygens (including phenoxy) is 1. The summed E-state index contributed by atoms with van der Waals surface area (Å²) in [5, 5.41) is 0. The molecule has 8 nitrogen and oxygen atoms in total. The van der Waals surface area contributed by atoms with E-state index in [4.69, 9.17) is 0 Å². The highest BCUT2D eigenvalue weighted by atomic mass is 19.4. The van der Waals surface area contributed by atoms with E-state index in [1.807, 2.05) is 4.90 Å². The molecule has 33 heavy (non-hydrogen) atoms. The fraction of sp³-hybridized carbons (Fsp3) is 0.500. The molecule has 0 radical (unpaired) electrons. The number of anilines is 1. The number of aromatic nitrogens is 2. The van der Waals surface area contributed by atoms with Crippen LogP contribution in [0.2, 0.25) is 0 Å². The summed E-state index contributed by atoms with van der Waals surface area (Å²) in [5.74, 6) is 0.618. The second kappa shape index (κ2) is 10.3. The van der Waals surface area contributed by atoms with Gasteiger partial charge in [-0.1, -0.05) is 12.1 Å². The number of amides is 1. The Balaban J connectivity index is 1.17. The zero-order valence-corrected chi connectivity index (χ0v) is 18.2. The van der Waals surface area contributed by atoms with Gasteiger partial charge in [0.1, 0.15) is 5.75 Å². The average molecular weight is 464 g/mol. The van der Waals surface area contributed by atoms with Crippen molar-refractivity contribution in [2.24, 2.45) is 0 Å². The molecule has 4 rings (SSSR count). The summed E-state index contributed by atoms with van der Waals surface area (Å²) in [4.78, 5) is 29.7. The largest absolute Gasteiger partial charge is 0.573 e. The number of halogens is 3. The van der Waals surface area contributed by atoms with Crippen LogP contribution in [0.25, 0.3) is 0 Å². The smallest absolute Gasteiger partial charge is 0.406 e. The molecule has 1 amide bonds. The lowest BCUT2D eigenvalue weighted by Crippen LogP contribution is -2.54. The number of hydrogen-bond donors (Lipinski definition) is 0. The normalized spacial score (nSPS) is 18.4. The molecule has 0 aliphatic carbocycles. The molecule has 1 aromatic carbocycles. The second-order valence-corrected chi connectivity index (χ2v) is 8.16. The van der Waals surface area contributed by atoms with Crippen LogP contribution in [0.3, 0.4) is 0 Å². The molecule has 0 unspecified atom stereocenters. The van der Waals surface area contributed by atoms with Gasteiger partial charge in [-0.2, -0.15) is 0 Å². The van der Waals surface area contributed by atoms with Gasteiger partial charge in [-0.25, -0.2) is 9.97 Å². The van der Waals surface area contributed by atoms with Crippen LogP contribution >= 0.6 is 0 Å². The van der Waals surface area contributed by atoms with Crippen LogP contribution in [-0.4, -0.2) is 95.8 Å². The standard InChI is InChI=1S/C22H27F3N6O2/c23-22(24,25)33-19-4-2-18(3-5-19)16-28-8-10-29(11-9-28)17-20(32)30-12-14-31(15-13-30)21-26-6-1-7-27-21/h1-7H,8-17H2. The molecular formula is C22H27F3N6O2. The Labute approximate surface area is 190 Å². The van der Waals surface area contributed by atoms with Gasteiger partial charge in [-0.05, 0) is 23.8 Å². The predicted octanol–water partition coefficient (Wildman–Crippen LogP) is 1.84. The fourth-order valence-corrected chi connectivity index (χ4v) is 4.06. The highest BCUT2D eigenvalue weighted by Crippen LogP contribution is 2.23. The first-order valence-corrected chi connectivity index (χ1v) is 10.9. The van der Waals surface area contributed by atoms with Crippen molar-refractivity contribution in [1.82, 2.24) is 24.7 Å². The second-order valence-electron chi connectivity index (χ2n) is 8.16. The molecule has 0 spiro atoms. The number of rotatable bonds is 6. The van der Waals surface area contributed by atoms with Crippen LogP contribution < -0.4 is 9.64 Å². The van der Waals surface area contributed by atoms with Crippen LogP contribution in [0.4, 0.5) is 19.1 Å². The first kappa shape index (κ1) is 23.2. The number of carbonyl (C=O) groups excluding carboxylic acids is 1. The lowest BCUT2D eigenvalue weighted by Gasteiger charge is -2.38.